The highest BCUT2D eigenvalue weighted by Gasteiger charge is 2.42. The van der Waals surface area contributed by atoms with Crippen LogP contribution in [0.1, 0.15) is 180 Å². The van der Waals surface area contributed by atoms with Gasteiger partial charge < -0.3 is 37.9 Å². The molecule has 0 heterocycles. The number of nitro groups is 3. The molecule has 15 aromatic carbocycles. The Bertz CT molecular complexity index is 5970. The number of esters is 1. The van der Waals surface area contributed by atoms with Crippen molar-refractivity contribution in [1.82, 2.24) is 0 Å². The molecule has 0 saturated carbocycles. The molecule has 1 aliphatic carbocycles. The van der Waals surface area contributed by atoms with Crippen LogP contribution >= 0.6 is 0 Å². The van der Waals surface area contributed by atoms with E-state index in [1.807, 2.05) is 0 Å². The molecule has 0 aromatic heterocycles. The molecule has 0 radical (unpaired) electrons. The van der Waals surface area contributed by atoms with Crippen molar-refractivity contribution in [2.45, 2.75) is 155 Å². The smallest absolute Gasteiger partial charge is 0.338 e. The molecule has 0 bridgehead atoms. The quantitative estimate of drug-likeness (QED) is 0.00861. The Balaban J connectivity index is 0.721. The summed E-state index contributed by atoms with van der Waals surface area (Å²) in [7, 11) is 1.66. The molecule has 0 saturated heterocycles. The van der Waals surface area contributed by atoms with Gasteiger partial charge in [0.1, 0.15) is 31.3 Å². The van der Waals surface area contributed by atoms with E-state index in [0.717, 1.165) is 71.2 Å². The number of rotatable bonds is 46. The summed E-state index contributed by atoms with van der Waals surface area (Å²) < 4.78 is 47.9. The molecule has 19 nitrogen and oxygen atoms in total. The van der Waals surface area contributed by atoms with Crippen LogP contribution in [0.3, 0.4) is 0 Å². The maximum Gasteiger partial charge on any atom is 0.338 e. The molecular formula is C93H95N3O16. The van der Waals surface area contributed by atoms with Crippen molar-refractivity contribution in [3.63, 3.8) is 0 Å². The summed E-state index contributed by atoms with van der Waals surface area (Å²) in [6, 6.07) is 36.7. The molecule has 16 rings (SSSR count). The SMILES string of the molecule is CCCCCCCCCCCCc1cc2c3cccc4c5cc(OCCOCCOCCOC)cc6c7cc(OCCOCCOCCOC(=O)c8cc9c(c([N+](=O)[O-])c8)-c8c(cc([N+](=O)[O-])cc8[N+](=O)[O-])C9=O)cc8c9cccc%10c%11cc(CCCCCCCCCCCC)cc%12c(c1)c2c1c(c34)c(c56)c(c87)c(c%109)c1c%11%12. The van der Waals surface area contributed by atoms with Crippen LogP contribution in [-0.2, 0) is 41.3 Å². The van der Waals surface area contributed by atoms with Gasteiger partial charge >= 0.3 is 5.97 Å². The number of carbonyl (C=O) groups excluding carboxylic acids is 2. The second kappa shape index (κ2) is 33.6. The van der Waals surface area contributed by atoms with Crippen LogP contribution in [0.5, 0.6) is 11.5 Å². The third-order valence-corrected chi connectivity index (χ3v) is 23.6. The Kier molecular flexibility index (Phi) is 22.7. The average Bonchev–Trinajstić information content (AvgIpc) is 0.722. The lowest BCUT2D eigenvalue weighted by atomic mass is 9.73. The van der Waals surface area contributed by atoms with E-state index >= 15 is 0 Å². The van der Waals surface area contributed by atoms with E-state index in [0.29, 0.717) is 51.5 Å². The van der Waals surface area contributed by atoms with Gasteiger partial charge in [0.15, 0.2) is 5.78 Å². The van der Waals surface area contributed by atoms with Crippen LogP contribution in [0.25, 0.3) is 140 Å². The predicted molar refractivity (Wildman–Crippen MR) is 446 cm³/mol. The number of hydrogen-bond donors (Lipinski definition) is 0. The molecular weight excluding hydrogens is 1420 g/mol. The summed E-state index contributed by atoms with van der Waals surface area (Å²) in [6.07, 6.45) is 28.0. The van der Waals surface area contributed by atoms with E-state index < -0.39 is 65.8 Å². The molecule has 19 heteroatoms. The van der Waals surface area contributed by atoms with Gasteiger partial charge in [0, 0.05) is 30.4 Å². The van der Waals surface area contributed by atoms with E-state index in [9.17, 15) is 39.9 Å². The number of fused-ring (bicyclic) bond motifs is 9. The van der Waals surface area contributed by atoms with E-state index in [4.69, 9.17) is 37.9 Å². The molecule has 1 aliphatic rings. The highest BCUT2D eigenvalue weighted by molar-refractivity contribution is 6.61. The Morgan fingerprint density at radius 1 is 0.339 bits per heavy atom. The average molecular weight is 1510 g/mol. The topological polar surface area (TPSA) is 237 Å². The van der Waals surface area contributed by atoms with Crippen molar-refractivity contribution >= 4 is 158 Å². The first kappa shape index (κ1) is 75.7. The maximum atomic E-state index is 13.6. The van der Waals surface area contributed by atoms with E-state index in [1.54, 1.807) is 7.11 Å². The Morgan fingerprint density at radius 3 is 1.04 bits per heavy atom. The number of carbonyl (C=O) groups is 2. The number of nitrogens with zero attached hydrogens (tertiary/aromatic N) is 3. The number of non-ortho nitro benzene ring substituents is 1. The number of hydrogen-bond acceptors (Lipinski definition) is 16. The zero-order chi connectivity index (χ0) is 77.1. The molecule has 0 fully saturated rings. The minimum absolute atomic E-state index is 0.0708. The van der Waals surface area contributed by atoms with Crippen molar-refractivity contribution in [2.24, 2.45) is 0 Å². The first-order valence-electron chi connectivity index (χ1n) is 40.7. The van der Waals surface area contributed by atoms with E-state index in [-0.39, 0.29) is 45.2 Å². The third kappa shape index (κ3) is 14.2. The van der Waals surface area contributed by atoms with E-state index in [1.165, 1.54) is 234 Å². The fourth-order valence-electron chi connectivity index (χ4n) is 18.6. The molecule has 0 atom stereocenters. The number of ether oxygens (including phenoxy) is 8. The lowest BCUT2D eigenvalue weighted by Gasteiger charge is -2.30. The highest BCUT2D eigenvalue weighted by Crippen LogP contribution is 2.61. The number of methoxy groups -OCH3 is 1. The van der Waals surface area contributed by atoms with Crippen LogP contribution in [0, 0.1) is 30.3 Å². The predicted octanol–water partition coefficient (Wildman–Crippen LogP) is 23.3. The lowest BCUT2D eigenvalue weighted by molar-refractivity contribution is -0.394. The minimum atomic E-state index is -1.02. The van der Waals surface area contributed by atoms with Gasteiger partial charge in [-0.25, -0.2) is 4.79 Å². The van der Waals surface area contributed by atoms with Gasteiger partial charge in [0.25, 0.3) is 17.1 Å². The van der Waals surface area contributed by atoms with Crippen molar-refractivity contribution < 1.29 is 62.3 Å². The Hall–Kier alpha value is -10.3. The molecule has 578 valence electrons. The highest BCUT2D eigenvalue weighted by atomic mass is 16.6. The van der Waals surface area contributed by atoms with Gasteiger partial charge in [0.2, 0.25) is 0 Å². The molecule has 112 heavy (non-hydrogen) atoms. The monoisotopic (exact) mass is 1510 g/mol. The summed E-state index contributed by atoms with van der Waals surface area (Å²) in [5.41, 5.74) is -1.60. The zero-order valence-electron chi connectivity index (χ0n) is 64.3. The van der Waals surface area contributed by atoms with Crippen LogP contribution < -0.4 is 9.47 Å². The second-order valence-corrected chi connectivity index (χ2v) is 30.7. The van der Waals surface area contributed by atoms with Gasteiger partial charge in [-0.3, -0.25) is 35.1 Å². The standard InChI is InChI=1S/C93H95N3O16/c1-4-6-8-10-12-14-16-18-20-22-26-56-44-66-62-28-24-30-64-70-52-60(110-41-38-107-35-34-106-33-32-105-3)54-72-73-55-61(111-42-39-108-36-37-109-40-43-112-93(98)58-48-74-84(76(49-58)95(101)102)85-75(92(74)97)50-59(94(99)100)51-77(85)96(103)104)53-71-65-31-25-29-63-67-45-57(27-23-21-19-17-15-13-11-9-7-5-2)47-69-68(46-56)80(66)88-86(78(62)64)90(82(70)72)91(83(71)73)87(79(63)65)89(88)81(67)69/h24-25,28-31,44-55H,4-23,26-27,32-43H2,1-3H3. The number of ketones is 1. The molecule has 0 unspecified atom stereocenters. The van der Waals surface area contributed by atoms with Crippen molar-refractivity contribution in [1.29, 1.82) is 0 Å². The summed E-state index contributed by atoms with van der Waals surface area (Å²) in [4.78, 5) is 60.3. The molecule has 0 aliphatic heterocycles. The lowest BCUT2D eigenvalue weighted by Crippen LogP contribution is -2.15. The third-order valence-electron chi connectivity index (χ3n) is 23.6. The fraction of sp³-hybridized carbons (Fsp3) is 0.398. The Morgan fingerprint density at radius 2 is 0.661 bits per heavy atom. The molecule has 0 amide bonds. The van der Waals surface area contributed by atoms with Crippen molar-refractivity contribution in [3.05, 3.63) is 167 Å². The number of unbranched alkanes of at least 4 members (excludes halogenated alkanes) is 18. The summed E-state index contributed by atoms with van der Waals surface area (Å²) in [6.45, 7) is 7.59. The summed E-state index contributed by atoms with van der Waals surface area (Å²) in [5, 5.41) is 66.4. The number of nitro benzene ring substituents is 3. The normalized spacial score (nSPS) is 12.7. The molecule has 0 spiro atoms. The van der Waals surface area contributed by atoms with Gasteiger partial charge in [-0.1, -0.05) is 190 Å². The second-order valence-electron chi connectivity index (χ2n) is 30.7. The molecule has 0 N–H and O–H groups in total. The first-order chi connectivity index (χ1) is 54.9. The summed E-state index contributed by atoms with van der Waals surface area (Å²) >= 11 is 0. The zero-order valence-corrected chi connectivity index (χ0v) is 64.3. The van der Waals surface area contributed by atoms with Gasteiger partial charge in [0.05, 0.1) is 97.0 Å². The molecule has 15 aromatic rings. The van der Waals surface area contributed by atoms with Gasteiger partial charge in [-0.05, 0) is 196 Å². The Labute approximate surface area is 648 Å². The largest absolute Gasteiger partial charge is 0.491 e. The van der Waals surface area contributed by atoms with E-state index in [2.05, 4.69) is 98.8 Å². The van der Waals surface area contributed by atoms with Crippen molar-refractivity contribution in [3.8, 4) is 22.6 Å². The minimum Gasteiger partial charge on any atom is -0.491 e. The van der Waals surface area contributed by atoms with Gasteiger partial charge in [-0.15, -0.1) is 0 Å². The fourth-order valence-corrected chi connectivity index (χ4v) is 18.6. The summed E-state index contributed by atoms with van der Waals surface area (Å²) in [5.74, 6) is -0.522. The first-order valence-corrected chi connectivity index (χ1v) is 40.7. The number of aryl methyl sites for hydroxylation is 2. The van der Waals surface area contributed by atoms with Crippen molar-refractivity contribution in [2.75, 3.05) is 86.4 Å². The maximum absolute atomic E-state index is 13.6. The van der Waals surface area contributed by atoms with Gasteiger partial charge in [-0.2, -0.15) is 0 Å². The van der Waals surface area contributed by atoms with Crippen LogP contribution in [0.2, 0.25) is 0 Å². The van der Waals surface area contributed by atoms with Crippen LogP contribution in [0.15, 0.2) is 109 Å². The van der Waals surface area contributed by atoms with Crippen LogP contribution in [-0.4, -0.2) is 113 Å². The number of benzene rings is 15. The van der Waals surface area contributed by atoms with Crippen LogP contribution in [0.4, 0.5) is 17.1 Å².